The first-order valence-electron chi connectivity index (χ1n) is 8.69. The Bertz CT molecular complexity index is 820. The van der Waals surface area contributed by atoms with Gasteiger partial charge in [0.1, 0.15) is 0 Å². The number of hydrogen-bond donors (Lipinski definition) is 1. The highest BCUT2D eigenvalue weighted by molar-refractivity contribution is 6.30. The maximum absolute atomic E-state index is 12.9. The summed E-state index contributed by atoms with van der Waals surface area (Å²) in [6, 6.07) is 23.4. The Kier molecular flexibility index (Phi) is 6.39. The van der Waals surface area contributed by atoms with Gasteiger partial charge in [-0.2, -0.15) is 0 Å². The summed E-state index contributed by atoms with van der Waals surface area (Å²) in [5.74, 6) is -0.285. The van der Waals surface area contributed by atoms with Gasteiger partial charge < -0.3 is 5.32 Å². The second kappa shape index (κ2) is 9.16. The van der Waals surface area contributed by atoms with E-state index in [0.717, 1.165) is 17.7 Å². The first-order chi connectivity index (χ1) is 12.7. The molecule has 0 fully saturated rings. The van der Waals surface area contributed by atoms with Gasteiger partial charge in [-0.25, -0.2) is 0 Å². The summed E-state index contributed by atoms with van der Waals surface area (Å²) in [5, 5.41) is 3.73. The summed E-state index contributed by atoms with van der Waals surface area (Å²) in [4.78, 5) is 17.2. The minimum absolute atomic E-state index is 0.00825. The van der Waals surface area contributed by atoms with Gasteiger partial charge in [-0.15, -0.1) is 0 Å². The van der Waals surface area contributed by atoms with Crippen molar-refractivity contribution in [2.75, 3.05) is 6.54 Å². The lowest BCUT2D eigenvalue weighted by Gasteiger charge is -2.17. The maximum atomic E-state index is 12.9. The van der Waals surface area contributed by atoms with Crippen molar-refractivity contribution in [2.24, 2.45) is 0 Å². The highest BCUT2D eigenvalue weighted by Gasteiger charge is 2.21. The fourth-order valence-electron chi connectivity index (χ4n) is 2.88. The van der Waals surface area contributed by atoms with E-state index in [1.165, 1.54) is 5.56 Å². The van der Waals surface area contributed by atoms with Crippen LogP contribution < -0.4 is 5.32 Å². The predicted molar refractivity (Wildman–Crippen MR) is 105 cm³/mol. The summed E-state index contributed by atoms with van der Waals surface area (Å²) in [6.45, 7) is 0.606. The summed E-state index contributed by atoms with van der Waals surface area (Å²) in [5.41, 5.74) is 3.04. The Balaban J connectivity index is 1.69. The molecule has 26 heavy (non-hydrogen) atoms. The van der Waals surface area contributed by atoms with E-state index in [4.69, 9.17) is 11.6 Å². The summed E-state index contributed by atoms with van der Waals surface area (Å²) >= 11 is 5.99. The van der Waals surface area contributed by atoms with Crippen molar-refractivity contribution in [1.82, 2.24) is 10.3 Å². The van der Waals surface area contributed by atoms with Gasteiger partial charge in [0.05, 0.1) is 5.92 Å². The number of aromatic nitrogens is 1. The number of nitrogens with one attached hydrogen (secondary N) is 1. The topological polar surface area (TPSA) is 42.0 Å². The number of pyridine rings is 1. The number of nitrogens with zero attached hydrogens (tertiary/aromatic N) is 1. The molecule has 0 radical (unpaired) electrons. The van der Waals surface area contributed by atoms with Crippen LogP contribution in [0.5, 0.6) is 0 Å². The first-order valence-corrected chi connectivity index (χ1v) is 9.07. The second-order valence-electron chi connectivity index (χ2n) is 6.16. The van der Waals surface area contributed by atoms with E-state index in [0.29, 0.717) is 18.0 Å². The standard InChI is InChI=1S/C22H21ClN2O/c23-19-11-9-18(10-12-19)21(16-20-8-4-5-14-24-20)22(26)25-15-13-17-6-2-1-3-7-17/h1-12,14,21H,13,15-16H2,(H,25,26). The van der Waals surface area contributed by atoms with Gasteiger partial charge in [0.2, 0.25) is 5.91 Å². The van der Waals surface area contributed by atoms with Crippen molar-refractivity contribution in [1.29, 1.82) is 0 Å². The monoisotopic (exact) mass is 364 g/mol. The molecule has 0 saturated heterocycles. The smallest absolute Gasteiger partial charge is 0.227 e. The van der Waals surface area contributed by atoms with E-state index in [1.807, 2.05) is 60.7 Å². The SMILES string of the molecule is O=C(NCCc1ccccc1)C(Cc1ccccn1)c1ccc(Cl)cc1. The number of halogens is 1. The van der Waals surface area contributed by atoms with Crippen molar-refractivity contribution >= 4 is 17.5 Å². The lowest BCUT2D eigenvalue weighted by Crippen LogP contribution is -2.32. The van der Waals surface area contributed by atoms with E-state index in [-0.39, 0.29) is 11.8 Å². The molecular formula is C22H21ClN2O. The minimum Gasteiger partial charge on any atom is -0.355 e. The Hall–Kier alpha value is -2.65. The van der Waals surface area contributed by atoms with Crippen LogP contribution in [-0.4, -0.2) is 17.4 Å². The normalized spacial score (nSPS) is 11.7. The van der Waals surface area contributed by atoms with Crippen molar-refractivity contribution in [3.8, 4) is 0 Å². The number of rotatable bonds is 7. The number of carbonyl (C=O) groups is 1. The molecule has 0 aliphatic carbocycles. The van der Waals surface area contributed by atoms with Crippen LogP contribution in [0, 0.1) is 0 Å². The third-order valence-corrected chi connectivity index (χ3v) is 4.54. The molecule has 1 unspecified atom stereocenters. The predicted octanol–water partition coefficient (Wildman–Crippen LogP) is 4.42. The molecule has 0 bridgehead atoms. The zero-order valence-electron chi connectivity index (χ0n) is 14.4. The number of hydrogen-bond acceptors (Lipinski definition) is 2. The molecule has 0 aliphatic heterocycles. The van der Waals surface area contributed by atoms with Gasteiger partial charge in [-0.3, -0.25) is 9.78 Å². The third-order valence-electron chi connectivity index (χ3n) is 4.28. The third kappa shape index (κ3) is 5.17. The van der Waals surface area contributed by atoms with Gasteiger partial charge in [-0.05, 0) is 41.8 Å². The lowest BCUT2D eigenvalue weighted by atomic mass is 9.93. The van der Waals surface area contributed by atoms with Crippen LogP contribution >= 0.6 is 11.6 Å². The van der Waals surface area contributed by atoms with E-state index in [9.17, 15) is 4.79 Å². The molecule has 2 aromatic carbocycles. The van der Waals surface area contributed by atoms with Crippen LogP contribution in [-0.2, 0) is 17.6 Å². The van der Waals surface area contributed by atoms with E-state index < -0.39 is 0 Å². The van der Waals surface area contributed by atoms with Crippen molar-refractivity contribution in [3.05, 3.63) is 101 Å². The maximum Gasteiger partial charge on any atom is 0.227 e. The zero-order valence-corrected chi connectivity index (χ0v) is 15.2. The summed E-state index contributed by atoms with van der Waals surface area (Å²) in [7, 11) is 0. The van der Waals surface area contributed by atoms with E-state index in [2.05, 4.69) is 22.4 Å². The van der Waals surface area contributed by atoms with Crippen LogP contribution in [0.25, 0.3) is 0 Å². The van der Waals surface area contributed by atoms with Crippen molar-refractivity contribution in [3.63, 3.8) is 0 Å². The van der Waals surface area contributed by atoms with Gasteiger partial charge in [0.25, 0.3) is 0 Å². The molecule has 0 aliphatic rings. The molecule has 1 aromatic heterocycles. The molecule has 132 valence electrons. The highest BCUT2D eigenvalue weighted by Crippen LogP contribution is 2.22. The van der Waals surface area contributed by atoms with Gasteiger partial charge >= 0.3 is 0 Å². The van der Waals surface area contributed by atoms with Crippen LogP contribution in [0.3, 0.4) is 0 Å². The molecule has 3 aromatic rings. The lowest BCUT2D eigenvalue weighted by molar-refractivity contribution is -0.122. The highest BCUT2D eigenvalue weighted by atomic mass is 35.5. The van der Waals surface area contributed by atoms with Crippen molar-refractivity contribution < 1.29 is 4.79 Å². The zero-order chi connectivity index (χ0) is 18.2. The molecule has 0 saturated carbocycles. The quantitative estimate of drug-likeness (QED) is 0.674. The largest absolute Gasteiger partial charge is 0.355 e. The van der Waals surface area contributed by atoms with E-state index in [1.54, 1.807) is 6.20 Å². The molecule has 3 nitrogen and oxygen atoms in total. The summed E-state index contributed by atoms with van der Waals surface area (Å²) in [6.07, 6.45) is 3.12. The fraction of sp³-hybridized carbons (Fsp3) is 0.182. The Morgan fingerprint density at radius 2 is 1.69 bits per heavy atom. The first kappa shape index (κ1) is 18.2. The van der Waals surface area contributed by atoms with Gasteiger partial charge in [0.15, 0.2) is 0 Å². The van der Waals surface area contributed by atoms with Crippen LogP contribution in [0.4, 0.5) is 0 Å². The Morgan fingerprint density at radius 3 is 2.38 bits per heavy atom. The Morgan fingerprint density at radius 1 is 0.962 bits per heavy atom. The molecule has 1 atom stereocenters. The molecule has 1 N–H and O–H groups in total. The number of carbonyl (C=O) groups excluding carboxylic acids is 1. The van der Waals surface area contributed by atoms with Crippen LogP contribution in [0.1, 0.15) is 22.7 Å². The molecule has 4 heteroatoms. The number of amides is 1. The van der Waals surface area contributed by atoms with E-state index >= 15 is 0 Å². The van der Waals surface area contributed by atoms with Crippen LogP contribution in [0.15, 0.2) is 79.0 Å². The minimum atomic E-state index is -0.294. The summed E-state index contributed by atoms with van der Waals surface area (Å²) < 4.78 is 0. The Labute approximate surface area is 159 Å². The van der Waals surface area contributed by atoms with Gasteiger partial charge in [-0.1, -0.05) is 60.1 Å². The average molecular weight is 365 g/mol. The molecular weight excluding hydrogens is 344 g/mol. The number of benzene rings is 2. The van der Waals surface area contributed by atoms with Crippen LogP contribution in [0.2, 0.25) is 5.02 Å². The molecule has 1 heterocycles. The second-order valence-corrected chi connectivity index (χ2v) is 6.59. The van der Waals surface area contributed by atoms with Gasteiger partial charge in [0, 0.05) is 29.9 Å². The fourth-order valence-corrected chi connectivity index (χ4v) is 3.01. The molecule has 3 rings (SSSR count). The van der Waals surface area contributed by atoms with Crippen molar-refractivity contribution in [2.45, 2.75) is 18.8 Å². The molecule has 0 spiro atoms. The average Bonchev–Trinajstić information content (AvgIpc) is 2.68. The molecule has 1 amide bonds.